The van der Waals surface area contributed by atoms with E-state index in [9.17, 15) is 14.4 Å². The molecule has 3 aliphatic heterocycles. The second-order valence-electron chi connectivity index (χ2n) is 12.5. The van der Waals surface area contributed by atoms with Crippen LogP contribution in [0.25, 0.3) is 0 Å². The first-order valence-electron chi connectivity index (χ1n) is 15.0. The Morgan fingerprint density at radius 3 is 2.65 bits per heavy atom. The van der Waals surface area contributed by atoms with Crippen molar-refractivity contribution < 1.29 is 19.1 Å². The Morgan fingerprint density at radius 2 is 1.90 bits per heavy atom. The summed E-state index contributed by atoms with van der Waals surface area (Å²) in [7, 11) is 0. The van der Waals surface area contributed by atoms with Crippen molar-refractivity contribution in [2.24, 2.45) is 23.7 Å². The Balaban J connectivity index is 1.28. The minimum absolute atomic E-state index is 0.0660. The van der Waals surface area contributed by atoms with Crippen LogP contribution in [0.2, 0.25) is 5.02 Å². The molecule has 1 saturated carbocycles. The third kappa shape index (κ3) is 4.79. The summed E-state index contributed by atoms with van der Waals surface area (Å²) in [5.41, 5.74) is 0.815. The first-order valence-corrected chi connectivity index (χ1v) is 15.4. The quantitative estimate of drug-likeness (QED) is 0.441. The van der Waals surface area contributed by atoms with E-state index < -0.39 is 29.6 Å². The third-order valence-corrected chi connectivity index (χ3v) is 10.4. The van der Waals surface area contributed by atoms with E-state index >= 15 is 0 Å². The zero-order valence-corrected chi connectivity index (χ0v) is 24.2. The number of carbonyl (C=O) groups excluding carboxylic acids is 3. The van der Waals surface area contributed by atoms with E-state index in [2.05, 4.69) is 30.6 Å². The Hall–Kier alpha value is -2.64. The van der Waals surface area contributed by atoms with Gasteiger partial charge in [-0.2, -0.15) is 0 Å². The molecule has 1 spiro atoms. The molecular weight excluding hydrogens is 526 g/mol. The van der Waals surface area contributed by atoms with E-state index in [1.807, 2.05) is 12.2 Å². The fraction of sp³-hybridized carbons (Fsp3) is 0.594. The highest BCUT2D eigenvalue weighted by molar-refractivity contribution is 6.30. The molecule has 2 aliphatic carbocycles. The van der Waals surface area contributed by atoms with Crippen LogP contribution in [-0.4, -0.2) is 53.0 Å². The molecule has 0 unspecified atom stereocenters. The SMILES string of the molecule is C[C@H]1[C@H](C)CCC[C@@H]1NC(=O)[C@@H]1N(CCC2=CCCCC2)C(=O)[C@@H]2[C@@H](C(=O)Nc3ccc(Cl)cc3)[C@@H]3C=C[C@]21O3. The van der Waals surface area contributed by atoms with Gasteiger partial charge in [0.05, 0.1) is 17.9 Å². The van der Waals surface area contributed by atoms with Crippen molar-refractivity contribution in [3.05, 3.63) is 53.1 Å². The minimum atomic E-state index is -1.14. The minimum Gasteiger partial charge on any atom is -0.359 e. The molecule has 2 saturated heterocycles. The normalized spacial score (nSPS) is 36.4. The highest BCUT2D eigenvalue weighted by Gasteiger charge is 2.72. The summed E-state index contributed by atoms with van der Waals surface area (Å²) in [5.74, 6) is -1.16. The number of hydrogen-bond acceptors (Lipinski definition) is 4. The molecule has 3 heterocycles. The third-order valence-electron chi connectivity index (χ3n) is 10.1. The predicted octanol–water partition coefficient (Wildman–Crippen LogP) is 5.26. The summed E-state index contributed by atoms with van der Waals surface area (Å²) in [6.07, 6.45) is 13.9. The maximum Gasteiger partial charge on any atom is 0.246 e. The molecule has 8 heteroatoms. The zero-order chi connectivity index (χ0) is 28.0. The average Bonchev–Trinajstić information content (AvgIpc) is 3.59. The van der Waals surface area contributed by atoms with Crippen LogP contribution in [0, 0.1) is 23.7 Å². The van der Waals surface area contributed by atoms with Gasteiger partial charge in [0.25, 0.3) is 0 Å². The Bertz CT molecular complexity index is 1230. The lowest BCUT2D eigenvalue weighted by atomic mass is 9.73. The smallest absolute Gasteiger partial charge is 0.246 e. The monoisotopic (exact) mass is 565 g/mol. The van der Waals surface area contributed by atoms with Gasteiger partial charge in [-0.1, -0.05) is 62.1 Å². The Kier molecular flexibility index (Phi) is 7.55. The van der Waals surface area contributed by atoms with Gasteiger partial charge >= 0.3 is 0 Å². The number of amides is 3. The maximum atomic E-state index is 14.2. The molecule has 0 radical (unpaired) electrons. The van der Waals surface area contributed by atoms with Gasteiger partial charge in [-0.25, -0.2) is 0 Å². The number of nitrogens with one attached hydrogen (secondary N) is 2. The van der Waals surface area contributed by atoms with Crippen molar-refractivity contribution in [1.82, 2.24) is 10.2 Å². The van der Waals surface area contributed by atoms with Crippen LogP contribution in [0.4, 0.5) is 5.69 Å². The van der Waals surface area contributed by atoms with E-state index in [1.54, 1.807) is 29.2 Å². The van der Waals surface area contributed by atoms with Crippen LogP contribution in [0.5, 0.6) is 0 Å². The molecule has 6 rings (SSSR count). The summed E-state index contributed by atoms with van der Waals surface area (Å²) < 4.78 is 6.51. The molecule has 8 atom stereocenters. The molecule has 2 bridgehead atoms. The van der Waals surface area contributed by atoms with Crippen LogP contribution < -0.4 is 10.6 Å². The zero-order valence-electron chi connectivity index (χ0n) is 23.4. The van der Waals surface area contributed by atoms with Crippen LogP contribution in [0.3, 0.4) is 0 Å². The Morgan fingerprint density at radius 1 is 1.10 bits per heavy atom. The van der Waals surface area contributed by atoms with Crippen LogP contribution in [0.15, 0.2) is 48.1 Å². The molecule has 7 nitrogen and oxygen atoms in total. The van der Waals surface area contributed by atoms with E-state index in [0.29, 0.717) is 29.1 Å². The Labute approximate surface area is 241 Å². The number of hydrogen-bond donors (Lipinski definition) is 2. The molecule has 3 fully saturated rings. The number of likely N-dealkylation sites (tertiary alicyclic amines) is 1. The predicted molar refractivity (Wildman–Crippen MR) is 155 cm³/mol. The van der Waals surface area contributed by atoms with Gasteiger partial charge in [-0.15, -0.1) is 0 Å². The molecule has 5 aliphatic rings. The van der Waals surface area contributed by atoms with E-state index in [4.69, 9.17) is 16.3 Å². The highest BCUT2D eigenvalue weighted by Crippen LogP contribution is 2.55. The highest BCUT2D eigenvalue weighted by atomic mass is 35.5. The van der Waals surface area contributed by atoms with Crippen molar-refractivity contribution in [1.29, 1.82) is 0 Å². The van der Waals surface area contributed by atoms with Gasteiger partial charge in [-0.3, -0.25) is 14.4 Å². The molecule has 1 aromatic rings. The number of anilines is 1. The molecule has 214 valence electrons. The van der Waals surface area contributed by atoms with Crippen molar-refractivity contribution in [2.45, 2.75) is 89.0 Å². The lowest BCUT2D eigenvalue weighted by Gasteiger charge is -2.38. The molecule has 1 aromatic carbocycles. The van der Waals surface area contributed by atoms with E-state index in [1.165, 1.54) is 18.4 Å². The van der Waals surface area contributed by atoms with E-state index in [0.717, 1.165) is 38.5 Å². The lowest BCUT2D eigenvalue weighted by molar-refractivity contribution is -0.141. The number of allylic oxidation sites excluding steroid dienone is 1. The molecular formula is C32H40ClN3O4. The number of halogens is 1. The van der Waals surface area contributed by atoms with Gasteiger partial charge in [0.2, 0.25) is 17.7 Å². The van der Waals surface area contributed by atoms with Crippen molar-refractivity contribution in [3.8, 4) is 0 Å². The van der Waals surface area contributed by atoms with Gasteiger partial charge in [0.15, 0.2) is 0 Å². The van der Waals surface area contributed by atoms with Crippen molar-refractivity contribution in [2.75, 3.05) is 11.9 Å². The number of benzene rings is 1. The molecule has 0 aromatic heterocycles. The van der Waals surface area contributed by atoms with Gasteiger partial charge < -0.3 is 20.3 Å². The first-order chi connectivity index (χ1) is 19.3. The molecule has 3 amide bonds. The second kappa shape index (κ2) is 11.0. The standard InChI is InChI=1S/C32H40ClN3O4/c1-19-7-6-10-24(20(19)2)35-30(38)28-32-17-15-25(40-32)26(29(37)34-23-13-11-22(33)12-14-23)27(32)31(39)36(28)18-16-21-8-4-3-5-9-21/h8,11-15,17,19-20,24-28H,3-7,9-10,16,18H2,1-2H3,(H,34,37)(H,35,38)/t19-,20+,24+,25+,26+,27+,28+,32+/m1/s1. The summed E-state index contributed by atoms with van der Waals surface area (Å²) in [6.45, 7) is 4.90. The van der Waals surface area contributed by atoms with Crippen molar-refractivity contribution in [3.63, 3.8) is 0 Å². The first kappa shape index (κ1) is 27.5. The second-order valence-corrected chi connectivity index (χ2v) is 12.9. The topological polar surface area (TPSA) is 87.7 Å². The van der Waals surface area contributed by atoms with Crippen LogP contribution in [0.1, 0.15) is 65.2 Å². The summed E-state index contributed by atoms with van der Waals surface area (Å²) in [4.78, 5) is 43.7. The fourth-order valence-electron chi connectivity index (χ4n) is 7.71. The maximum absolute atomic E-state index is 14.2. The number of rotatable bonds is 7. The largest absolute Gasteiger partial charge is 0.359 e. The summed E-state index contributed by atoms with van der Waals surface area (Å²) >= 11 is 6.02. The number of nitrogens with zero attached hydrogens (tertiary/aromatic N) is 1. The summed E-state index contributed by atoms with van der Waals surface area (Å²) in [6, 6.07) is 6.17. The van der Waals surface area contributed by atoms with Crippen LogP contribution in [-0.2, 0) is 19.1 Å². The fourth-order valence-corrected chi connectivity index (χ4v) is 7.84. The van der Waals surface area contributed by atoms with E-state index in [-0.39, 0.29) is 23.8 Å². The number of ether oxygens (including phenoxy) is 1. The average molecular weight is 566 g/mol. The van der Waals surface area contributed by atoms with Crippen LogP contribution >= 0.6 is 11.6 Å². The number of carbonyl (C=O) groups is 3. The van der Waals surface area contributed by atoms with Gasteiger partial charge in [0.1, 0.15) is 11.6 Å². The number of fused-ring (bicyclic) bond motifs is 1. The molecule has 40 heavy (non-hydrogen) atoms. The summed E-state index contributed by atoms with van der Waals surface area (Å²) in [5, 5.41) is 6.86. The molecule has 2 N–H and O–H groups in total. The lowest BCUT2D eigenvalue weighted by Crippen LogP contribution is -2.58. The van der Waals surface area contributed by atoms with Gasteiger partial charge in [-0.05, 0) is 74.6 Å². The van der Waals surface area contributed by atoms with Crippen molar-refractivity contribution >= 4 is 35.0 Å². The van der Waals surface area contributed by atoms with Gasteiger partial charge in [0, 0.05) is 23.3 Å².